The van der Waals surface area contributed by atoms with Gasteiger partial charge in [-0.05, 0) is 49.8 Å². The third-order valence-electron chi connectivity index (χ3n) is 6.74. The van der Waals surface area contributed by atoms with E-state index in [0.717, 1.165) is 22.9 Å². The third kappa shape index (κ3) is 8.54. The van der Waals surface area contributed by atoms with Crippen molar-refractivity contribution in [1.29, 1.82) is 0 Å². The van der Waals surface area contributed by atoms with Crippen molar-refractivity contribution in [2.24, 2.45) is 11.7 Å². The summed E-state index contributed by atoms with van der Waals surface area (Å²) < 4.78 is 0. The number of hydrogen-bond donors (Lipinski definition) is 7. The summed E-state index contributed by atoms with van der Waals surface area (Å²) in [6, 6.07) is 3.61. The van der Waals surface area contributed by atoms with Gasteiger partial charge < -0.3 is 37.1 Å². The standard InChI is InChI=1S/C27H38N6O6/c1-15(2)12-22(27(38)39)33-26(37)21(13-16-14-30-18-7-4-3-6-17(16)18)32-25(36)20(9-10-23(28)34)31-24(35)19-8-5-11-29-19/h3-4,6-7,14-15,19-22,29-30H,5,8-13H2,1-2H3,(H2,28,34)(H,31,35)(H,32,36)(H,33,37)(H,38,39). The topological polar surface area (TPSA) is 196 Å². The van der Waals surface area contributed by atoms with Crippen molar-refractivity contribution in [2.75, 3.05) is 6.54 Å². The summed E-state index contributed by atoms with van der Waals surface area (Å²) in [5.74, 6) is -3.52. The molecule has 0 spiro atoms. The number of carboxylic acids is 1. The number of H-pyrrole nitrogens is 1. The number of hydrogen-bond acceptors (Lipinski definition) is 6. The van der Waals surface area contributed by atoms with E-state index in [4.69, 9.17) is 5.73 Å². The van der Waals surface area contributed by atoms with Crippen LogP contribution in [0.1, 0.15) is 51.5 Å². The predicted molar refractivity (Wildman–Crippen MR) is 144 cm³/mol. The molecule has 1 saturated heterocycles. The number of nitrogens with one attached hydrogen (secondary N) is 5. The molecule has 1 aliphatic rings. The number of benzene rings is 1. The Balaban J connectivity index is 1.83. The lowest BCUT2D eigenvalue weighted by Gasteiger charge is -2.25. The molecule has 1 fully saturated rings. The summed E-state index contributed by atoms with van der Waals surface area (Å²) in [5, 5.41) is 21.5. The number of carboxylic acid groups (broad SMARTS) is 1. The van der Waals surface area contributed by atoms with Crippen LogP contribution >= 0.6 is 0 Å². The van der Waals surface area contributed by atoms with E-state index in [2.05, 4.69) is 26.3 Å². The van der Waals surface area contributed by atoms with Gasteiger partial charge in [0.25, 0.3) is 0 Å². The fourth-order valence-electron chi connectivity index (χ4n) is 4.70. The first-order valence-electron chi connectivity index (χ1n) is 13.3. The van der Waals surface area contributed by atoms with Crippen LogP contribution < -0.4 is 27.0 Å². The van der Waals surface area contributed by atoms with Gasteiger partial charge in [-0.15, -0.1) is 0 Å². The minimum Gasteiger partial charge on any atom is -0.480 e. The van der Waals surface area contributed by atoms with Crippen molar-refractivity contribution in [3.8, 4) is 0 Å². The quantitative estimate of drug-likeness (QED) is 0.178. The first-order valence-corrected chi connectivity index (χ1v) is 13.3. The zero-order valence-electron chi connectivity index (χ0n) is 22.3. The second-order valence-electron chi connectivity index (χ2n) is 10.4. The molecule has 4 unspecified atom stereocenters. The van der Waals surface area contributed by atoms with Crippen LogP contribution in [0.3, 0.4) is 0 Å². The highest BCUT2D eigenvalue weighted by molar-refractivity contribution is 5.95. The van der Waals surface area contributed by atoms with E-state index in [1.807, 2.05) is 38.1 Å². The van der Waals surface area contributed by atoms with Gasteiger partial charge in [-0.25, -0.2) is 4.79 Å². The first kappa shape index (κ1) is 29.6. The van der Waals surface area contributed by atoms with Crippen LogP contribution in [0.25, 0.3) is 10.9 Å². The molecule has 212 valence electrons. The number of carbonyl (C=O) groups excluding carboxylic acids is 4. The van der Waals surface area contributed by atoms with Crippen LogP contribution in [0.15, 0.2) is 30.5 Å². The van der Waals surface area contributed by atoms with Crippen LogP contribution in [0.4, 0.5) is 0 Å². The largest absolute Gasteiger partial charge is 0.480 e. The molecule has 3 rings (SSSR count). The Bertz CT molecular complexity index is 1190. The van der Waals surface area contributed by atoms with Gasteiger partial charge in [-0.3, -0.25) is 19.2 Å². The number of aromatic nitrogens is 1. The van der Waals surface area contributed by atoms with Crippen LogP contribution in [-0.2, 0) is 30.4 Å². The number of aromatic amines is 1. The summed E-state index contributed by atoms with van der Waals surface area (Å²) in [6.45, 7) is 4.38. The van der Waals surface area contributed by atoms with Gasteiger partial charge in [-0.2, -0.15) is 0 Å². The Morgan fingerprint density at radius 1 is 1.03 bits per heavy atom. The Labute approximate surface area is 226 Å². The molecule has 2 aromatic rings. The van der Waals surface area contributed by atoms with Gasteiger partial charge in [0.2, 0.25) is 23.6 Å². The van der Waals surface area contributed by atoms with E-state index in [0.29, 0.717) is 13.0 Å². The van der Waals surface area contributed by atoms with Crippen molar-refractivity contribution in [3.63, 3.8) is 0 Å². The number of nitrogens with two attached hydrogens (primary N) is 1. The maximum Gasteiger partial charge on any atom is 0.326 e. The van der Waals surface area contributed by atoms with Crippen molar-refractivity contribution in [3.05, 3.63) is 36.0 Å². The highest BCUT2D eigenvalue weighted by Gasteiger charge is 2.32. The highest BCUT2D eigenvalue weighted by Crippen LogP contribution is 2.19. The lowest BCUT2D eigenvalue weighted by Crippen LogP contribution is -2.57. The Morgan fingerprint density at radius 2 is 1.72 bits per heavy atom. The number of rotatable bonds is 14. The third-order valence-corrected chi connectivity index (χ3v) is 6.74. The zero-order valence-corrected chi connectivity index (χ0v) is 22.3. The second-order valence-corrected chi connectivity index (χ2v) is 10.4. The monoisotopic (exact) mass is 542 g/mol. The van der Waals surface area contributed by atoms with E-state index in [1.165, 1.54) is 0 Å². The number of para-hydroxylation sites is 1. The Morgan fingerprint density at radius 3 is 2.36 bits per heavy atom. The van der Waals surface area contributed by atoms with Crippen LogP contribution in [0, 0.1) is 5.92 Å². The molecule has 4 atom stereocenters. The fourth-order valence-corrected chi connectivity index (χ4v) is 4.70. The summed E-state index contributed by atoms with van der Waals surface area (Å²) in [7, 11) is 0. The molecule has 1 aromatic heterocycles. The minimum atomic E-state index is -1.18. The zero-order chi connectivity index (χ0) is 28.5. The molecular formula is C27H38N6O6. The molecule has 39 heavy (non-hydrogen) atoms. The van der Waals surface area contributed by atoms with Crippen LogP contribution in [0.5, 0.6) is 0 Å². The summed E-state index contributed by atoms with van der Waals surface area (Å²) in [6.07, 6.45) is 3.25. The van der Waals surface area contributed by atoms with Gasteiger partial charge in [0.1, 0.15) is 18.1 Å². The molecule has 0 bridgehead atoms. The predicted octanol–water partition coefficient (Wildman–Crippen LogP) is 0.313. The summed E-state index contributed by atoms with van der Waals surface area (Å²) in [4.78, 5) is 65.9. The number of primary amides is 1. The summed E-state index contributed by atoms with van der Waals surface area (Å²) in [5.41, 5.74) is 6.88. The van der Waals surface area contributed by atoms with Gasteiger partial charge in [0.05, 0.1) is 6.04 Å². The molecule has 0 radical (unpaired) electrons. The van der Waals surface area contributed by atoms with E-state index in [-0.39, 0.29) is 37.5 Å². The van der Waals surface area contributed by atoms with E-state index in [1.54, 1.807) is 6.20 Å². The van der Waals surface area contributed by atoms with Crippen molar-refractivity contribution in [2.45, 2.75) is 76.5 Å². The van der Waals surface area contributed by atoms with Gasteiger partial charge in [0, 0.05) is 29.9 Å². The fraction of sp³-hybridized carbons (Fsp3) is 0.519. The molecule has 8 N–H and O–H groups in total. The molecule has 2 heterocycles. The number of fused-ring (bicyclic) bond motifs is 1. The lowest BCUT2D eigenvalue weighted by atomic mass is 10.0. The van der Waals surface area contributed by atoms with Crippen LogP contribution in [-0.4, -0.2) is 70.4 Å². The van der Waals surface area contributed by atoms with E-state index in [9.17, 15) is 29.1 Å². The second kappa shape index (κ2) is 13.7. The number of aliphatic carboxylic acids is 1. The van der Waals surface area contributed by atoms with Crippen molar-refractivity contribution in [1.82, 2.24) is 26.3 Å². The maximum atomic E-state index is 13.4. The van der Waals surface area contributed by atoms with Crippen LogP contribution in [0.2, 0.25) is 0 Å². The lowest BCUT2D eigenvalue weighted by molar-refractivity contribution is -0.142. The first-order chi connectivity index (χ1) is 18.5. The molecule has 0 saturated carbocycles. The van der Waals surface area contributed by atoms with Crippen molar-refractivity contribution >= 4 is 40.5 Å². The van der Waals surface area contributed by atoms with Gasteiger partial charge in [0.15, 0.2) is 0 Å². The number of amides is 4. The molecular weight excluding hydrogens is 504 g/mol. The normalized spacial score (nSPS) is 17.4. The number of carbonyl (C=O) groups is 5. The molecule has 1 aromatic carbocycles. The molecule has 4 amide bonds. The molecule has 12 heteroatoms. The average Bonchev–Trinajstić information content (AvgIpc) is 3.56. The summed E-state index contributed by atoms with van der Waals surface area (Å²) >= 11 is 0. The molecule has 1 aliphatic heterocycles. The maximum absolute atomic E-state index is 13.4. The van der Waals surface area contributed by atoms with Gasteiger partial charge >= 0.3 is 5.97 Å². The highest BCUT2D eigenvalue weighted by atomic mass is 16.4. The van der Waals surface area contributed by atoms with E-state index >= 15 is 0 Å². The Kier molecular flexibility index (Phi) is 10.4. The molecule has 12 nitrogen and oxygen atoms in total. The average molecular weight is 543 g/mol. The SMILES string of the molecule is CC(C)CC(NC(=O)C(Cc1c[nH]c2ccccc12)NC(=O)C(CCC(N)=O)NC(=O)C1CCCN1)C(=O)O. The Hall–Kier alpha value is -3.93. The smallest absolute Gasteiger partial charge is 0.326 e. The van der Waals surface area contributed by atoms with Gasteiger partial charge in [-0.1, -0.05) is 32.0 Å². The molecule has 0 aliphatic carbocycles. The van der Waals surface area contributed by atoms with E-state index < -0.39 is 47.9 Å². The minimum absolute atomic E-state index is 0.00523. The van der Waals surface area contributed by atoms with Crippen molar-refractivity contribution < 1.29 is 29.1 Å².